The van der Waals surface area contributed by atoms with Crippen molar-refractivity contribution < 1.29 is 4.79 Å². The van der Waals surface area contributed by atoms with E-state index >= 15 is 0 Å². The van der Waals surface area contributed by atoms with Gasteiger partial charge in [0.05, 0.1) is 4.34 Å². The molecule has 1 fully saturated rings. The number of likely N-dealkylation sites (tertiary alicyclic amines) is 1. The second-order valence-electron chi connectivity index (χ2n) is 5.98. The first-order valence-electron chi connectivity index (χ1n) is 7.87. The third kappa shape index (κ3) is 6.37. The van der Waals surface area contributed by atoms with E-state index in [2.05, 4.69) is 17.1 Å². The molecule has 1 aliphatic heterocycles. The Balaban J connectivity index is 1.59. The van der Waals surface area contributed by atoms with Crippen LogP contribution in [0.2, 0.25) is 4.34 Å². The van der Waals surface area contributed by atoms with Gasteiger partial charge >= 0.3 is 0 Å². The van der Waals surface area contributed by atoms with E-state index in [9.17, 15) is 4.79 Å². The molecule has 21 heavy (non-hydrogen) atoms. The second kappa shape index (κ2) is 8.76. The van der Waals surface area contributed by atoms with E-state index in [1.54, 1.807) is 11.3 Å². The number of amides is 1. The van der Waals surface area contributed by atoms with E-state index < -0.39 is 0 Å². The molecule has 2 rings (SSSR count). The lowest BCUT2D eigenvalue weighted by molar-refractivity contribution is -0.121. The van der Waals surface area contributed by atoms with Crippen molar-refractivity contribution in [2.24, 2.45) is 5.92 Å². The quantitative estimate of drug-likeness (QED) is 0.829. The van der Waals surface area contributed by atoms with Crippen molar-refractivity contribution in [2.75, 3.05) is 26.2 Å². The van der Waals surface area contributed by atoms with Crippen molar-refractivity contribution in [3.63, 3.8) is 0 Å². The lowest BCUT2D eigenvalue weighted by atomic mass is 10.1. The Kier molecular flexibility index (Phi) is 7.00. The lowest BCUT2D eigenvalue weighted by Crippen LogP contribution is -2.38. The number of piperidine rings is 1. The second-order valence-corrected chi connectivity index (χ2v) is 7.78. The number of halogens is 1. The molecule has 0 spiro atoms. The molecule has 0 radical (unpaired) electrons. The minimum absolute atomic E-state index is 0.144. The van der Waals surface area contributed by atoms with Gasteiger partial charge in [-0.15, -0.1) is 11.3 Å². The van der Waals surface area contributed by atoms with Crippen molar-refractivity contribution in [3.05, 3.63) is 21.3 Å². The van der Waals surface area contributed by atoms with Gasteiger partial charge in [0, 0.05) is 24.4 Å². The van der Waals surface area contributed by atoms with Crippen LogP contribution in [-0.4, -0.2) is 37.0 Å². The van der Waals surface area contributed by atoms with E-state index in [0.717, 1.165) is 23.8 Å². The van der Waals surface area contributed by atoms with E-state index in [1.165, 1.54) is 37.2 Å². The molecule has 5 heteroatoms. The Morgan fingerprint density at radius 2 is 2.14 bits per heavy atom. The Labute approximate surface area is 136 Å². The zero-order valence-corrected chi connectivity index (χ0v) is 14.3. The molecule has 1 N–H and O–H groups in total. The van der Waals surface area contributed by atoms with Crippen molar-refractivity contribution in [1.82, 2.24) is 10.2 Å². The SMILES string of the molecule is C[C@@H](CNC(=O)CCc1ccc(Cl)s1)CN1CCCCC1. The molecule has 118 valence electrons. The highest BCUT2D eigenvalue weighted by atomic mass is 35.5. The first-order valence-corrected chi connectivity index (χ1v) is 9.06. The van der Waals surface area contributed by atoms with Crippen LogP contribution in [0.1, 0.15) is 37.5 Å². The number of nitrogens with one attached hydrogen (secondary N) is 1. The van der Waals surface area contributed by atoms with E-state index in [-0.39, 0.29) is 5.91 Å². The Hall–Kier alpha value is -0.580. The molecule has 0 aliphatic carbocycles. The molecule has 2 heterocycles. The van der Waals surface area contributed by atoms with E-state index in [1.807, 2.05) is 12.1 Å². The summed E-state index contributed by atoms with van der Waals surface area (Å²) in [5.74, 6) is 0.660. The minimum Gasteiger partial charge on any atom is -0.356 e. The first kappa shape index (κ1) is 16.8. The molecule has 1 aromatic heterocycles. The Morgan fingerprint density at radius 1 is 1.38 bits per heavy atom. The van der Waals surface area contributed by atoms with Gasteiger partial charge in [0.25, 0.3) is 0 Å². The minimum atomic E-state index is 0.144. The molecule has 1 amide bonds. The van der Waals surface area contributed by atoms with Crippen LogP contribution in [-0.2, 0) is 11.2 Å². The molecule has 0 unspecified atom stereocenters. The lowest BCUT2D eigenvalue weighted by Gasteiger charge is -2.29. The number of carbonyl (C=O) groups is 1. The summed E-state index contributed by atoms with van der Waals surface area (Å²) in [6, 6.07) is 3.89. The van der Waals surface area contributed by atoms with Gasteiger partial charge in [-0.25, -0.2) is 0 Å². The molecule has 3 nitrogen and oxygen atoms in total. The van der Waals surface area contributed by atoms with E-state index in [4.69, 9.17) is 11.6 Å². The summed E-state index contributed by atoms with van der Waals surface area (Å²) < 4.78 is 0.792. The van der Waals surface area contributed by atoms with Gasteiger partial charge < -0.3 is 10.2 Å². The number of hydrogen-bond acceptors (Lipinski definition) is 3. The molecule has 0 aromatic carbocycles. The highest BCUT2D eigenvalue weighted by Crippen LogP contribution is 2.22. The summed E-state index contributed by atoms with van der Waals surface area (Å²) in [5.41, 5.74) is 0. The summed E-state index contributed by atoms with van der Waals surface area (Å²) in [5, 5.41) is 3.06. The van der Waals surface area contributed by atoms with Gasteiger partial charge in [0.15, 0.2) is 0 Å². The molecule has 0 bridgehead atoms. The number of thiophene rings is 1. The van der Waals surface area contributed by atoms with Crippen LogP contribution in [0.15, 0.2) is 12.1 Å². The predicted octanol–water partition coefficient (Wildman–Crippen LogP) is 3.57. The summed E-state index contributed by atoms with van der Waals surface area (Å²) in [6.07, 6.45) is 5.34. The van der Waals surface area contributed by atoms with Gasteiger partial charge in [-0.1, -0.05) is 24.9 Å². The fourth-order valence-corrected chi connectivity index (χ4v) is 3.83. The third-order valence-electron chi connectivity index (χ3n) is 3.89. The van der Waals surface area contributed by atoms with Crippen molar-refractivity contribution in [1.29, 1.82) is 0 Å². The predicted molar refractivity (Wildman–Crippen MR) is 90.1 cm³/mol. The van der Waals surface area contributed by atoms with Crippen LogP contribution >= 0.6 is 22.9 Å². The van der Waals surface area contributed by atoms with E-state index in [0.29, 0.717) is 12.3 Å². The van der Waals surface area contributed by atoms with Gasteiger partial charge in [-0.2, -0.15) is 0 Å². The number of carbonyl (C=O) groups excluding carboxylic acids is 1. The monoisotopic (exact) mass is 328 g/mol. The van der Waals surface area contributed by atoms with Gasteiger partial charge in [0.1, 0.15) is 0 Å². The van der Waals surface area contributed by atoms with Crippen LogP contribution in [0.25, 0.3) is 0 Å². The number of nitrogens with zero attached hydrogens (tertiary/aromatic N) is 1. The molecule has 0 saturated carbocycles. The maximum absolute atomic E-state index is 11.9. The van der Waals surface area contributed by atoms with Crippen molar-refractivity contribution in [2.45, 2.75) is 39.0 Å². The summed E-state index contributed by atoms with van der Waals surface area (Å²) in [7, 11) is 0. The molecular weight excluding hydrogens is 304 g/mol. The fraction of sp³-hybridized carbons (Fsp3) is 0.688. The Morgan fingerprint density at radius 3 is 2.81 bits per heavy atom. The number of hydrogen-bond donors (Lipinski definition) is 1. The first-order chi connectivity index (χ1) is 10.1. The standard InChI is InChI=1S/C16H25ClN2OS/c1-13(12-19-9-3-2-4-10-19)11-18-16(20)8-6-14-5-7-15(17)21-14/h5,7,13H,2-4,6,8-12H2,1H3,(H,18,20)/t13-/m0/s1. The third-order valence-corrected chi connectivity index (χ3v) is 5.18. The number of aryl methyl sites for hydroxylation is 1. The van der Waals surface area contributed by atoms with Crippen molar-refractivity contribution in [3.8, 4) is 0 Å². The van der Waals surface area contributed by atoms with Crippen LogP contribution in [0.3, 0.4) is 0 Å². The van der Waals surface area contributed by atoms with Crippen LogP contribution < -0.4 is 5.32 Å². The van der Waals surface area contributed by atoms with Gasteiger partial charge in [0.2, 0.25) is 5.91 Å². The fourth-order valence-electron chi connectivity index (χ4n) is 2.75. The summed E-state index contributed by atoms with van der Waals surface area (Å²) in [4.78, 5) is 15.6. The molecule has 1 atom stereocenters. The average molecular weight is 329 g/mol. The molecule has 1 saturated heterocycles. The summed E-state index contributed by atoms with van der Waals surface area (Å²) >= 11 is 7.44. The maximum Gasteiger partial charge on any atom is 0.220 e. The van der Waals surface area contributed by atoms with Crippen molar-refractivity contribution >= 4 is 28.8 Å². The van der Waals surface area contributed by atoms with Crippen LogP contribution in [0, 0.1) is 5.92 Å². The number of rotatable bonds is 7. The van der Waals surface area contributed by atoms with Gasteiger partial charge in [-0.05, 0) is 50.4 Å². The zero-order valence-electron chi connectivity index (χ0n) is 12.7. The van der Waals surface area contributed by atoms with Gasteiger partial charge in [-0.3, -0.25) is 4.79 Å². The normalized spacial score (nSPS) is 17.6. The Bertz CT molecular complexity index is 443. The zero-order chi connectivity index (χ0) is 15.1. The summed E-state index contributed by atoms with van der Waals surface area (Å²) in [6.45, 7) is 6.53. The smallest absolute Gasteiger partial charge is 0.220 e. The average Bonchev–Trinajstić information content (AvgIpc) is 2.90. The van der Waals surface area contributed by atoms with Crippen LogP contribution in [0.4, 0.5) is 0 Å². The highest BCUT2D eigenvalue weighted by molar-refractivity contribution is 7.16. The van der Waals surface area contributed by atoms with Crippen LogP contribution in [0.5, 0.6) is 0 Å². The molecule has 1 aromatic rings. The largest absolute Gasteiger partial charge is 0.356 e. The highest BCUT2D eigenvalue weighted by Gasteiger charge is 2.14. The molecule has 1 aliphatic rings. The molecular formula is C16H25ClN2OS. The maximum atomic E-state index is 11.9. The topological polar surface area (TPSA) is 32.3 Å².